The first-order valence-electron chi connectivity index (χ1n) is 5.08. The summed E-state index contributed by atoms with van der Waals surface area (Å²) in [6.45, 7) is 10.4. The van der Waals surface area contributed by atoms with Crippen LogP contribution in [-0.4, -0.2) is 49.8 Å². The maximum Gasteiger partial charge on any atom is 0.0902 e. The third kappa shape index (κ3) is 3.25. The Morgan fingerprint density at radius 2 is 2.08 bits per heavy atom. The van der Waals surface area contributed by atoms with Crippen molar-refractivity contribution in [3.05, 3.63) is 0 Å². The van der Waals surface area contributed by atoms with Crippen LogP contribution >= 0.6 is 0 Å². The van der Waals surface area contributed by atoms with Crippen molar-refractivity contribution < 1.29 is 4.74 Å². The van der Waals surface area contributed by atoms with Crippen LogP contribution in [0.15, 0.2) is 0 Å². The van der Waals surface area contributed by atoms with E-state index >= 15 is 0 Å². The molecule has 0 radical (unpaired) electrons. The average molecular weight is 186 g/mol. The van der Waals surface area contributed by atoms with Crippen molar-refractivity contribution in [2.24, 2.45) is 0 Å². The molecule has 0 bridgehead atoms. The summed E-state index contributed by atoms with van der Waals surface area (Å²) in [7, 11) is 2.13. The fraction of sp³-hybridized carbons (Fsp3) is 1.00. The predicted octanol–water partition coefficient (Wildman–Crippen LogP) is 0.705. The first kappa shape index (κ1) is 11.0. The number of likely N-dealkylation sites (N-methyl/N-ethyl adjacent to an activating group) is 1. The van der Waals surface area contributed by atoms with E-state index in [9.17, 15) is 0 Å². The fourth-order valence-electron chi connectivity index (χ4n) is 1.27. The molecule has 3 nitrogen and oxygen atoms in total. The van der Waals surface area contributed by atoms with Crippen molar-refractivity contribution in [1.82, 2.24) is 10.2 Å². The minimum atomic E-state index is 0.109. The molecule has 1 saturated heterocycles. The van der Waals surface area contributed by atoms with Gasteiger partial charge in [0.1, 0.15) is 0 Å². The van der Waals surface area contributed by atoms with E-state index < -0.39 is 0 Å². The molecule has 1 N–H and O–H groups in total. The van der Waals surface area contributed by atoms with Gasteiger partial charge in [0.15, 0.2) is 0 Å². The second-order valence-corrected chi connectivity index (χ2v) is 4.48. The van der Waals surface area contributed by atoms with E-state index in [-0.39, 0.29) is 5.60 Å². The molecule has 1 fully saturated rings. The summed E-state index contributed by atoms with van der Waals surface area (Å²) in [6, 6.07) is 0.607. The lowest BCUT2D eigenvalue weighted by molar-refractivity contribution is -0.0721. The highest BCUT2D eigenvalue weighted by Crippen LogP contribution is 2.14. The van der Waals surface area contributed by atoms with Crippen molar-refractivity contribution in [3.8, 4) is 0 Å². The highest BCUT2D eigenvalue weighted by molar-refractivity contribution is 4.90. The first-order chi connectivity index (χ1) is 6.03. The van der Waals surface area contributed by atoms with Gasteiger partial charge in [-0.3, -0.25) is 0 Å². The van der Waals surface area contributed by atoms with Gasteiger partial charge in [0.05, 0.1) is 12.2 Å². The van der Waals surface area contributed by atoms with Crippen LogP contribution in [0.25, 0.3) is 0 Å². The molecule has 1 heterocycles. The molecule has 0 aliphatic carbocycles. The Labute approximate surface area is 81.4 Å². The molecule has 0 spiro atoms. The summed E-state index contributed by atoms with van der Waals surface area (Å²) in [6.07, 6.45) is 0. The standard InChI is InChI=1S/C10H22N2O/c1-9(2)12(4)5-6-13-10(3)7-11-8-10/h9,11H,5-8H2,1-4H3. The van der Waals surface area contributed by atoms with Gasteiger partial charge in [-0.25, -0.2) is 0 Å². The largest absolute Gasteiger partial charge is 0.371 e. The predicted molar refractivity (Wildman–Crippen MR) is 55.0 cm³/mol. The zero-order chi connectivity index (χ0) is 9.90. The molecule has 3 heteroatoms. The molecule has 13 heavy (non-hydrogen) atoms. The van der Waals surface area contributed by atoms with Gasteiger partial charge in [-0.15, -0.1) is 0 Å². The Morgan fingerprint density at radius 3 is 2.46 bits per heavy atom. The number of hydrogen-bond acceptors (Lipinski definition) is 3. The molecule has 1 aliphatic rings. The van der Waals surface area contributed by atoms with Gasteiger partial charge >= 0.3 is 0 Å². The van der Waals surface area contributed by atoms with Crippen LogP contribution in [0.4, 0.5) is 0 Å². The third-order valence-corrected chi connectivity index (χ3v) is 2.77. The van der Waals surface area contributed by atoms with Crippen molar-refractivity contribution in [2.45, 2.75) is 32.4 Å². The highest BCUT2D eigenvalue weighted by atomic mass is 16.5. The molecule has 0 saturated carbocycles. The van der Waals surface area contributed by atoms with Gasteiger partial charge in [-0.05, 0) is 27.8 Å². The van der Waals surface area contributed by atoms with Gasteiger partial charge in [0, 0.05) is 25.7 Å². The van der Waals surface area contributed by atoms with E-state index in [4.69, 9.17) is 4.74 Å². The first-order valence-corrected chi connectivity index (χ1v) is 5.08. The summed E-state index contributed by atoms with van der Waals surface area (Å²) in [5.41, 5.74) is 0.109. The minimum Gasteiger partial charge on any atom is -0.371 e. The lowest BCUT2D eigenvalue weighted by atomic mass is 10.0. The monoisotopic (exact) mass is 186 g/mol. The number of nitrogens with zero attached hydrogens (tertiary/aromatic N) is 1. The van der Waals surface area contributed by atoms with Crippen LogP contribution in [0.1, 0.15) is 20.8 Å². The van der Waals surface area contributed by atoms with E-state index in [1.807, 2.05) is 0 Å². The summed E-state index contributed by atoms with van der Waals surface area (Å²) in [4.78, 5) is 2.30. The number of nitrogens with one attached hydrogen (secondary N) is 1. The SMILES string of the molecule is CC(C)N(C)CCOC1(C)CNC1. The van der Waals surface area contributed by atoms with Crippen molar-refractivity contribution in [2.75, 3.05) is 33.3 Å². The van der Waals surface area contributed by atoms with Gasteiger partial charge < -0.3 is 15.0 Å². The molecule has 0 aromatic heterocycles. The third-order valence-electron chi connectivity index (χ3n) is 2.77. The molecule has 0 atom stereocenters. The second kappa shape index (κ2) is 4.40. The number of rotatable bonds is 5. The average Bonchev–Trinajstić information content (AvgIpc) is 2.01. The van der Waals surface area contributed by atoms with Crippen molar-refractivity contribution >= 4 is 0 Å². The molecule has 0 unspecified atom stereocenters. The van der Waals surface area contributed by atoms with E-state index in [2.05, 4.69) is 38.0 Å². The lowest BCUT2D eigenvalue weighted by Crippen LogP contribution is -2.59. The summed E-state index contributed by atoms with van der Waals surface area (Å²) < 4.78 is 5.78. The molecular formula is C10H22N2O. The molecule has 78 valence electrons. The van der Waals surface area contributed by atoms with Gasteiger partial charge in [0.2, 0.25) is 0 Å². The second-order valence-electron chi connectivity index (χ2n) is 4.48. The molecule has 0 amide bonds. The van der Waals surface area contributed by atoms with Crippen LogP contribution in [-0.2, 0) is 4.74 Å². The Hall–Kier alpha value is -0.120. The van der Waals surface area contributed by atoms with E-state index in [1.54, 1.807) is 0 Å². The highest BCUT2D eigenvalue weighted by Gasteiger charge is 2.32. The van der Waals surface area contributed by atoms with E-state index in [0.29, 0.717) is 6.04 Å². The van der Waals surface area contributed by atoms with Crippen molar-refractivity contribution in [1.29, 1.82) is 0 Å². The number of ether oxygens (including phenoxy) is 1. The maximum absolute atomic E-state index is 5.78. The fourth-order valence-corrected chi connectivity index (χ4v) is 1.27. The smallest absolute Gasteiger partial charge is 0.0902 e. The molecular weight excluding hydrogens is 164 g/mol. The Bertz CT molecular complexity index is 155. The van der Waals surface area contributed by atoms with Crippen LogP contribution in [0.2, 0.25) is 0 Å². The van der Waals surface area contributed by atoms with Crippen LogP contribution in [0, 0.1) is 0 Å². The number of hydrogen-bond donors (Lipinski definition) is 1. The van der Waals surface area contributed by atoms with Crippen LogP contribution in [0.5, 0.6) is 0 Å². The quantitative estimate of drug-likeness (QED) is 0.684. The van der Waals surface area contributed by atoms with Gasteiger partial charge in [0.25, 0.3) is 0 Å². The molecule has 1 aliphatic heterocycles. The zero-order valence-electron chi connectivity index (χ0n) is 9.26. The van der Waals surface area contributed by atoms with E-state index in [1.165, 1.54) is 0 Å². The lowest BCUT2D eigenvalue weighted by Gasteiger charge is -2.39. The van der Waals surface area contributed by atoms with Crippen molar-refractivity contribution in [3.63, 3.8) is 0 Å². The Morgan fingerprint density at radius 1 is 1.46 bits per heavy atom. The van der Waals surface area contributed by atoms with Gasteiger partial charge in [-0.2, -0.15) is 0 Å². The maximum atomic E-state index is 5.78. The molecule has 0 aromatic rings. The normalized spacial score (nSPS) is 20.8. The molecule has 0 aromatic carbocycles. The summed E-state index contributed by atoms with van der Waals surface area (Å²) in [5.74, 6) is 0. The Kier molecular flexibility index (Phi) is 3.71. The topological polar surface area (TPSA) is 24.5 Å². The van der Waals surface area contributed by atoms with Crippen LogP contribution < -0.4 is 5.32 Å². The zero-order valence-corrected chi connectivity index (χ0v) is 9.26. The Balaban J connectivity index is 2.06. The van der Waals surface area contributed by atoms with E-state index in [0.717, 1.165) is 26.2 Å². The molecule has 1 rings (SSSR count). The summed E-state index contributed by atoms with van der Waals surface area (Å²) in [5, 5.41) is 3.22. The van der Waals surface area contributed by atoms with Crippen LogP contribution in [0.3, 0.4) is 0 Å². The van der Waals surface area contributed by atoms with Gasteiger partial charge in [-0.1, -0.05) is 0 Å². The minimum absolute atomic E-state index is 0.109. The summed E-state index contributed by atoms with van der Waals surface area (Å²) >= 11 is 0.